The molecule has 0 heterocycles. The van der Waals surface area contributed by atoms with Gasteiger partial charge in [-0.05, 0) is 25.7 Å². The van der Waals surface area contributed by atoms with Crippen LogP contribution in [0.3, 0.4) is 0 Å². The van der Waals surface area contributed by atoms with Crippen molar-refractivity contribution in [3.05, 3.63) is 12.2 Å². The Morgan fingerprint density at radius 1 is 0.550 bits per heavy atom. The minimum absolute atomic E-state index is 0. The molecule has 0 unspecified atom stereocenters. The summed E-state index contributed by atoms with van der Waals surface area (Å²) >= 11 is 0. The van der Waals surface area contributed by atoms with Gasteiger partial charge in [0.2, 0.25) is 0 Å². The minimum Gasteiger partial charge on any atom is -0.344 e. The van der Waals surface area contributed by atoms with Crippen LogP contribution in [0.25, 0.3) is 0 Å². The van der Waals surface area contributed by atoms with Crippen LogP contribution in [-0.2, 0) is 0 Å². The van der Waals surface area contributed by atoms with Gasteiger partial charge in [-0.3, -0.25) is 0 Å². The van der Waals surface area contributed by atoms with Crippen LogP contribution in [0.4, 0.5) is 0 Å². The highest BCUT2D eigenvalue weighted by molar-refractivity contribution is 4.93. The smallest absolute Gasteiger partial charge is 0.0323 e. The molecule has 0 aliphatic rings. The SMILES string of the molecule is C=C(CCCCCCCC)CCCCCCCCC.N. The van der Waals surface area contributed by atoms with Crippen molar-refractivity contribution >= 4 is 0 Å². The van der Waals surface area contributed by atoms with Crippen molar-refractivity contribution in [2.75, 3.05) is 0 Å². The molecule has 0 radical (unpaired) electrons. The van der Waals surface area contributed by atoms with E-state index in [0.29, 0.717) is 0 Å². The number of allylic oxidation sites excluding steroid dienone is 1. The molecular formula is C19H41N. The summed E-state index contributed by atoms with van der Waals surface area (Å²) in [5.74, 6) is 0. The average Bonchev–Trinajstić information content (AvgIpc) is 2.41. The van der Waals surface area contributed by atoms with Crippen molar-refractivity contribution in [3.63, 3.8) is 0 Å². The molecule has 0 aromatic carbocycles. The van der Waals surface area contributed by atoms with Gasteiger partial charge < -0.3 is 6.15 Å². The zero-order valence-corrected chi connectivity index (χ0v) is 14.5. The Bertz CT molecular complexity index is 186. The second-order valence-corrected chi connectivity index (χ2v) is 6.14. The van der Waals surface area contributed by atoms with Crippen LogP contribution in [0.15, 0.2) is 12.2 Å². The zero-order valence-electron chi connectivity index (χ0n) is 14.5. The van der Waals surface area contributed by atoms with Gasteiger partial charge in [-0.2, -0.15) is 0 Å². The third-order valence-electron chi connectivity index (χ3n) is 4.02. The van der Waals surface area contributed by atoms with E-state index in [1.165, 1.54) is 102 Å². The van der Waals surface area contributed by atoms with Gasteiger partial charge in [0.15, 0.2) is 0 Å². The van der Waals surface area contributed by atoms with Gasteiger partial charge in [0, 0.05) is 0 Å². The molecule has 0 aliphatic heterocycles. The maximum Gasteiger partial charge on any atom is -0.0323 e. The summed E-state index contributed by atoms with van der Waals surface area (Å²) < 4.78 is 0. The van der Waals surface area contributed by atoms with E-state index >= 15 is 0 Å². The predicted molar refractivity (Wildman–Crippen MR) is 94.8 cm³/mol. The lowest BCUT2D eigenvalue weighted by atomic mass is 10.0. The van der Waals surface area contributed by atoms with Crippen LogP contribution in [0.2, 0.25) is 0 Å². The van der Waals surface area contributed by atoms with E-state index < -0.39 is 0 Å². The lowest BCUT2D eigenvalue weighted by Gasteiger charge is -2.06. The quantitative estimate of drug-likeness (QED) is 0.244. The normalized spacial score (nSPS) is 10.3. The Balaban J connectivity index is 0. The number of rotatable bonds is 15. The van der Waals surface area contributed by atoms with E-state index in [1.54, 1.807) is 0 Å². The van der Waals surface area contributed by atoms with E-state index in [2.05, 4.69) is 20.4 Å². The summed E-state index contributed by atoms with van der Waals surface area (Å²) in [4.78, 5) is 0. The summed E-state index contributed by atoms with van der Waals surface area (Å²) in [7, 11) is 0. The molecule has 0 atom stereocenters. The fourth-order valence-corrected chi connectivity index (χ4v) is 2.61. The Labute approximate surface area is 129 Å². The molecule has 0 aliphatic carbocycles. The summed E-state index contributed by atoms with van der Waals surface area (Å²) in [6, 6.07) is 0. The van der Waals surface area contributed by atoms with Gasteiger partial charge in [0.05, 0.1) is 0 Å². The first-order valence-electron chi connectivity index (χ1n) is 8.97. The highest BCUT2D eigenvalue weighted by Gasteiger charge is 1.97. The lowest BCUT2D eigenvalue weighted by molar-refractivity contribution is 0.576. The summed E-state index contributed by atoms with van der Waals surface area (Å²) in [5, 5.41) is 0. The maximum atomic E-state index is 4.24. The molecule has 1 heteroatoms. The molecule has 0 aromatic rings. The van der Waals surface area contributed by atoms with Crippen LogP contribution in [0.5, 0.6) is 0 Å². The standard InChI is InChI=1S/C19H38.H3N/c1-4-6-8-10-12-14-16-18-19(3)17-15-13-11-9-7-5-2;/h3-18H2,1-2H3;1H3. The molecule has 20 heavy (non-hydrogen) atoms. The Morgan fingerprint density at radius 3 is 1.20 bits per heavy atom. The lowest BCUT2D eigenvalue weighted by Crippen LogP contribution is -1.86. The zero-order chi connectivity index (χ0) is 14.2. The van der Waals surface area contributed by atoms with Crippen LogP contribution >= 0.6 is 0 Å². The van der Waals surface area contributed by atoms with E-state index in [0.717, 1.165) is 0 Å². The molecule has 0 spiro atoms. The van der Waals surface area contributed by atoms with Crippen molar-refractivity contribution in [1.82, 2.24) is 6.15 Å². The van der Waals surface area contributed by atoms with Crippen LogP contribution in [0.1, 0.15) is 110 Å². The van der Waals surface area contributed by atoms with E-state index in [4.69, 9.17) is 0 Å². The Morgan fingerprint density at radius 2 is 0.850 bits per heavy atom. The largest absolute Gasteiger partial charge is 0.344 e. The number of hydrogen-bond acceptors (Lipinski definition) is 1. The van der Waals surface area contributed by atoms with Gasteiger partial charge in [-0.1, -0.05) is 96.6 Å². The van der Waals surface area contributed by atoms with Gasteiger partial charge in [0.1, 0.15) is 0 Å². The summed E-state index contributed by atoms with van der Waals surface area (Å²) in [6.07, 6.45) is 20.9. The highest BCUT2D eigenvalue weighted by atomic mass is 14.0. The first-order valence-corrected chi connectivity index (χ1v) is 8.97. The van der Waals surface area contributed by atoms with Crippen LogP contribution < -0.4 is 6.15 Å². The first-order chi connectivity index (χ1) is 9.31. The van der Waals surface area contributed by atoms with Crippen molar-refractivity contribution in [1.29, 1.82) is 0 Å². The molecule has 0 saturated carbocycles. The second kappa shape index (κ2) is 18.7. The number of unbranched alkanes of at least 4 members (excludes halogenated alkanes) is 11. The van der Waals surface area contributed by atoms with Gasteiger partial charge >= 0.3 is 0 Å². The molecule has 0 fully saturated rings. The minimum atomic E-state index is 0. The van der Waals surface area contributed by atoms with Crippen LogP contribution in [0, 0.1) is 0 Å². The number of hydrogen-bond donors (Lipinski definition) is 1. The predicted octanol–water partition coefficient (Wildman–Crippen LogP) is 7.60. The van der Waals surface area contributed by atoms with Crippen molar-refractivity contribution in [2.45, 2.75) is 110 Å². The van der Waals surface area contributed by atoms with Gasteiger partial charge in [-0.15, -0.1) is 0 Å². The van der Waals surface area contributed by atoms with E-state index in [9.17, 15) is 0 Å². The van der Waals surface area contributed by atoms with E-state index in [1.807, 2.05) is 0 Å². The molecule has 0 rings (SSSR count). The van der Waals surface area contributed by atoms with Crippen molar-refractivity contribution in [2.24, 2.45) is 0 Å². The third-order valence-corrected chi connectivity index (χ3v) is 4.02. The molecule has 1 nitrogen and oxygen atoms in total. The first kappa shape index (κ1) is 22.0. The molecule has 0 bridgehead atoms. The molecule has 122 valence electrons. The monoisotopic (exact) mass is 283 g/mol. The fourth-order valence-electron chi connectivity index (χ4n) is 2.61. The third kappa shape index (κ3) is 17.7. The molecular weight excluding hydrogens is 242 g/mol. The molecule has 3 N–H and O–H groups in total. The molecule has 0 amide bonds. The molecule has 0 saturated heterocycles. The highest BCUT2D eigenvalue weighted by Crippen LogP contribution is 2.16. The maximum absolute atomic E-state index is 4.24. The van der Waals surface area contributed by atoms with Gasteiger partial charge in [0.25, 0.3) is 0 Å². The van der Waals surface area contributed by atoms with Gasteiger partial charge in [-0.25, -0.2) is 0 Å². The summed E-state index contributed by atoms with van der Waals surface area (Å²) in [6.45, 7) is 8.80. The Kier molecular flexibility index (Phi) is 20.6. The second-order valence-electron chi connectivity index (χ2n) is 6.14. The van der Waals surface area contributed by atoms with E-state index in [-0.39, 0.29) is 6.15 Å². The Hall–Kier alpha value is -0.300. The van der Waals surface area contributed by atoms with Crippen molar-refractivity contribution < 1.29 is 0 Å². The average molecular weight is 284 g/mol. The summed E-state index contributed by atoms with van der Waals surface area (Å²) in [5.41, 5.74) is 1.50. The fraction of sp³-hybridized carbons (Fsp3) is 0.895. The molecule has 0 aromatic heterocycles. The topological polar surface area (TPSA) is 35.0 Å². The van der Waals surface area contributed by atoms with Crippen LogP contribution in [-0.4, -0.2) is 0 Å². The van der Waals surface area contributed by atoms with Crippen molar-refractivity contribution in [3.8, 4) is 0 Å².